The number of phenolic OH excluding ortho intramolecular Hbond substituents is 1. The van der Waals surface area contributed by atoms with Crippen molar-refractivity contribution < 1.29 is 33.6 Å². The molecule has 172 valence electrons. The van der Waals surface area contributed by atoms with Gasteiger partial charge < -0.3 is 28.8 Å². The van der Waals surface area contributed by atoms with Crippen molar-refractivity contribution in [3.8, 4) is 23.0 Å². The first-order valence-electron chi connectivity index (χ1n) is 10.3. The first-order valence-corrected chi connectivity index (χ1v) is 10.3. The number of aromatic hydroxyl groups is 1. The van der Waals surface area contributed by atoms with Gasteiger partial charge in [-0.2, -0.15) is 0 Å². The number of esters is 1. The van der Waals surface area contributed by atoms with E-state index in [-0.39, 0.29) is 17.9 Å². The average molecular weight is 450 g/mol. The second-order valence-electron chi connectivity index (χ2n) is 6.88. The molecule has 3 rings (SSSR count). The molecule has 0 amide bonds. The zero-order valence-electron chi connectivity index (χ0n) is 18.5. The lowest BCUT2D eigenvalue weighted by atomic mass is 10.0. The van der Waals surface area contributed by atoms with Crippen LogP contribution in [0.2, 0.25) is 0 Å². The molecule has 0 saturated carbocycles. The summed E-state index contributed by atoms with van der Waals surface area (Å²) in [6, 6.07) is 21.4. The number of hydrogen-bond donors (Lipinski definition) is 1. The van der Waals surface area contributed by atoms with Crippen molar-refractivity contribution in [3.05, 3.63) is 90.2 Å². The van der Waals surface area contributed by atoms with Crippen LogP contribution >= 0.6 is 0 Å². The summed E-state index contributed by atoms with van der Waals surface area (Å²) in [5.74, 6) is 1.11. The van der Waals surface area contributed by atoms with Crippen LogP contribution in [0.25, 0.3) is 5.57 Å². The Kier molecular flexibility index (Phi) is 8.59. The lowest BCUT2D eigenvalue weighted by Gasteiger charge is -2.14. The molecule has 7 heteroatoms. The molecule has 3 aromatic carbocycles. The van der Waals surface area contributed by atoms with E-state index in [0.29, 0.717) is 30.3 Å². The quantitative estimate of drug-likeness (QED) is 0.198. The van der Waals surface area contributed by atoms with E-state index in [2.05, 4.69) is 0 Å². The molecule has 0 spiro atoms. The first kappa shape index (κ1) is 23.5. The summed E-state index contributed by atoms with van der Waals surface area (Å²) in [6.45, 7) is 0.796. The van der Waals surface area contributed by atoms with Gasteiger partial charge in [0.25, 0.3) is 0 Å². The second kappa shape index (κ2) is 12.0. The third-order valence-electron chi connectivity index (χ3n) is 4.57. The van der Waals surface area contributed by atoms with Gasteiger partial charge in [-0.25, -0.2) is 4.79 Å². The highest BCUT2D eigenvalue weighted by atomic mass is 16.5. The van der Waals surface area contributed by atoms with Crippen LogP contribution in [0.3, 0.4) is 0 Å². The number of benzene rings is 3. The number of methoxy groups -OCH3 is 2. The van der Waals surface area contributed by atoms with E-state index in [1.807, 2.05) is 48.5 Å². The molecule has 0 heterocycles. The predicted molar refractivity (Wildman–Crippen MR) is 123 cm³/mol. The Morgan fingerprint density at radius 1 is 0.818 bits per heavy atom. The van der Waals surface area contributed by atoms with Gasteiger partial charge in [0.05, 0.1) is 20.5 Å². The summed E-state index contributed by atoms with van der Waals surface area (Å²) in [5, 5.41) is 10.1. The fraction of sp³-hybridized carbons (Fsp3) is 0.192. The van der Waals surface area contributed by atoms with Crippen molar-refractivity contribution in [1.29, 1.82) is 0 Å². The van der Waals surface area contributed by atoms with Crippen LogP contribution in [0.5, 0.6) is 23.0 Å². The molecule has 0 aliphatic carbocycles. The van der Waals surface area contributed by atoms with Crippen molar-refractivity contribution in [1.82, 2.24) is 0 Å². The molecule has 0 radical (unpaired) electrons. The molecule has 0 unspecified atom stereocenters. The van der Waals surface area contributed by atoms with Crippen molar-refractivity contribution in [3.63, 3.8) is 0 Å². The molecular formula is C26H26O7. The number of phenols is 1. The lowest BCUT2D eigenvalue weighted by Crippen LogP contribution is -2.09. The fourth-order valence-electron chi connectivity index (χ4n) is 3.08. The molecule has 1 N–H and O–H groups in total. The molecule has 0 aliphatic heterocycles. The Hall–Kier alpha value is -4.13. The third kappa shape index (κ3) is 6.93. The highest BCUT2D eigenvalue weighted by Crippen LogP contribution is 2.29. The maximum absolute atomic E-state index is 12.2. The number of para-hydroxylation sites is 1. The molecule has 33 heavy (non-hydrogen) atoms. The monoisotopic (exact) mass is 450 g/mol. The van der Waals surface area contributed by atoms with Crippen molar-refractivity contribution in [2.24, 2.45) is 0 Å². The normalized spacial score (nSPS) is 10.9. The zero-order valence-corrected chi connectivity index (χ0v) is 18.5. The van der Waals surface area contributed by atoms with Crippen LogP contribution in [0.1, 0.15) is 11.1 Å². The number of ether oxygens (including phenoxy) is 5. The summed E-state index contributed by atoms with van der Waals surface area (Å²) < 4.78 is 27.1. The topological polar surface area (TPSA) is 83.5 Å². The van der Waals surface area contributed by atoms with E-state index in [4.69, 9.17) is 23.7 Å². The zero-order chi connectivity index (χ0) is 23.5. The maximum Gasteiger partial charge on any atom is 0.341 e. The van der Waals surface area contributed by atoms with E-state index >= 15 is 0 Å². The number of rotatable bonds is 11. The minimum absolute atomic E-state index is 0.00860. The molecular weight excluding hydrogens is 424 g/mol. The molecule has 3 aromatic rings. The van der Waals surface area contributed by atoms with Gasteiger partial charge in [-0.1, -0.05) is 42.5 Å². The van der Waals surface area contributed by atoms with E-state index in [9.17, 15) is 9.90 Å². The molecule has 0 atom stereocenters. The summed E-state index contributed by atoms with van der Waals surface area (Å²) in [4.78, 5) is 12.2. The van der Waals surface area contributed by atoms with Gasteiger partial charge >= 0.3 is 5.97 Å². The van der Waals surface area contributed by atoms with Gasteiger partial charge in [0.2, 0.25) is 0 Å². The second-order valence-corrected chi connectivity index (χ2v) is 6.88. The molecule has 0 aromatic heterocycles. The molecule has 7 nitrogen and oxygen atoms in total. The predicted octanol–water partition coefficient (Wildman–Crippen LogP) is 4.59. The fourth-order valence-corrected chi connectivity index (χ4v) is 3.08. The Bertz CT molecular complexity index is 1080. The van der Waals surface area contributed by atoms with E-state index < -0.39 is 5.97 Å². The van der Waals surface area contributed by atoms with E-state index in [1.165, 1.54) is 32.6 Å². The SMILES string of the molecule is CO/C=C(/C(=O)OC)c1ccccc1COc1cc(O)cc(OCCOc2ccccc2)c1. The number of carbonyl (C=O) groups is 1. The van der Waals surface area contributed by atoms with Crippen molar-refractivity contribution in [2.75, 3.05) is 27.4 Å². The smallest absolute Gasteiger partial charge is 0.341 e. The highest BCUT2D eigenvalue weighted by Gasteiger charge is 2.17. The van der Waals surface area contributed by atoms with Crippen LogP contribution < -0.4 is 14.2 Å². The first-order chi connectivity index (χ1) is 16.1. The largest absolute Gasteiger partial charge is 0.508 e. The van der Waals surface area contributed by atoms with E-state index in [1.54, 1.807) is 12.1 Å². The van der Waals surface area contributed by atoms with Gasteiger partial charge in [0.1, 0.15) is 48.4 Å². The van der Waals surface area contributed by atoms with Crippen molar-refractivity contribution in [2.45, 2.75) is 6.61 Å². The molecule has 0 aliphatic rings. The Morgan fingerprint density at radius 2 is 1.45 bits per heavy atom. The van der Waals surface area contributed by atoms with E-state index in [0.717, 1.165) is 11.3 Å². The summed E-state index contributed by atoms with van der Waals surface area (Å²) in [5.41, 5.74) is 1.65. The summed E-state index contributed by atoms with van der Waals surface area (Å²) in [6.07, 6.45) is 1.34. The Labute approximate surface area is 192 Å². The third-order valence-corrected chi connectivity index (χ3v) is 4.57. The van der Waals surface area contributed by atoms with Gasteiger partial charge in [0, 0.05) is 18.2 Å². The van der Waals surface area contributed by atoms with Crippen LogP contribution in [0, 0.1) is 0 Å². The average Bonchev–Trinajstić information content (AvgIpc) is 2.84. The highest BCUT2D eigenvalue weighted by molar-refractivity contribution is 6.16. The Morgan fingerprint density at radius 3 is 2.15 bits per heavy atom. The minimum atomic E-state index is -0.518. The molecule has 0 fully saturated rings. The van der Waals surface area contributed by atoms with Crippen molar-refractivity contribution >= 4 is 11.5 Å². The van der Waals surface area contributed by atoms with Crippen LogP contribution in [-0.4, -0.2) is 38.5 Å². The van der Waals surface area contributed by atoms with Gasteiger partial charge in [-0.3, -0.25) is 0 Å². The van der Waals surface area contributed by atoms with Crippen LogP contribution in [-0.2, 0) is 20.9 Å². The van der Waals surface area contributed by atoms with Gasteiger partial charge in [0.15, 0.2) is 0 Å². The van der Waals surface area contributed by atoms with Gasteiger partial charge in [-0.05, 0) is 23.3 Å². The minimum Gasteiger partial charge on any atom is -0.508 e. The number of carbonyl (C=O) groups excluding carboxylic acids is 1. The maximum atomic E-state index is 12.2. The van der Waals surface area contributed by atoms with Gasteiger partial charge in [-0.15, -0.1) is 0 Å². The van der Waals surface area contributed by atoms with Crippen LogP contribution in [0.15, 0.2) is 79.1 Å². The number of hydrogen-bond acceptors (Lipinski definition) is 7. The molecule has 0 bridgehead atoms. The lowest BCUT2D eigenvalue weighted by molar-refractivity contribution is -0.133. The molecule has 0 saturated heterocycles. The summed E-state index contributed by atoms with van der Waals surface area (Å²) >= 11 is 0. The summed E-state index contributed by atoms with van der Waals surface area (Å²) in [7, 11) is 2.77. The van der Waals surface area contributed by atoms with Crippen LogP contribution in [0.4, 0.5) is 0 Å². The standard InChI is InChI=1S/C26H26O7/c1-29-18-25(26(28)30-2)24-11-7-6-8-19(24)17-33-23-15-20(27)14-22(16-23)32-13-12-31-21-9-4-3-5-10-21/h3-11,14-16,18,27H,12-13,17H2,1-2H3/b25-18+. The Balaban J connectivity index is 1.64.